The van der Waals surface area contributed by atoms with E-state index in [1.54, 1.807) is 6.07 Å². The first kappa shape index (κ1) is 14.6. The first-order valence-corrected chi connectivity index (χ1v) is 6.47. The van der Waals surface area contributed by atoms with Gasteiger partial charge in [0.05, 0.1) is 12.1 Å². The maximum absolute atomic E-state index is 11.3. The zero-order valence-electron chi connectivity index (χ0n) is 11.1. The number of rotatable bonds is 5. The summed E-state index contributed by atoms with van der Waals surface area (Å²) in [5.74, 6) is 5.41. The molecule has 1 aromatic carbocycles. The lowest BCUT2D eigenvalue weighted by molar-refractivity contribution is 0.0953. The van der Waals surface area contributed by atoms with Crippen LogP contribution < -0.4 is 11.3 Å². The van der Waals surface area contributed by atoms with E-state index < -0.39 is 0 Å². The lowest BCUT2D eigenvalue weighted by atomic mass is 10.2. The molecule has 3 N–H and O–H groups in total. The van der Waals surface area contributed by atoms with Gasteiger partial charge in [0.2, 0.25) is 0 Å². The molecule has 0 atom stereocenters. The van der Waals surface area contributed by atoms with Crippen molar-refractivity contribution in [2.24, 2.45) is 5.84 Å². The van der Waals surface area contributed by atoms with E-state index in [0.717, 1.165) is 17.1 Å². The third-order valence-corrected chi connectivity index (χ3v) is 3.05. The van der Waals surface area contributed by atoms with Gasteiger partial charge in [0.1, 0.15) is 12.0 Å². The number of nitrogens with zero attached hydrogens (tertiary/aromatic N) is 1. The fourth-order valence-corrected chi connectivity index (χ4v) is 2.15. The van der Waals surface area contributed by atoms with E-state index >= 15 is 0 Å². The van der Waals surface area contributed by atoms with Crippen molar-refractivity contribution in [3.05, 3.63) is 58.5 Å². The molecule has 0 saturated carbocycles. The minimum Gasteiger partial charge on any atom is -0.467 e. The molecule has 20 heavy (non-hydrogen) atoms. The Bertz CT molecular complexity index is 598. The molecule has 0 fully saturated rings. The molecule has 5 nitrogen and oxygen atoms in total. The van der Waals surface area contributed by atoms with Gasteiger partial charge in [0.25, 0.3) is 5.91 Å². The van der Waals surface area contributed by atoms with Crippen molar-refractivity contribution in [3.63, 3.8) is 0 Å². The second kappa shape index (κ2) is 6.56. The fourth-order valence-electron chi connectivity index (χ4n) is 1.93. The average Bonchev–Trinajstić information content (AvgIpc) is 2.86. The topological polar surface area (TPSA) is 71.5 Å². The summed E-state index contributed by atoms with van der Waals surface area (Å²) in [5.41, 5.74) is 3.60. The summed E-state index contributed by atoms with van der Waals surface area (Å²) >= 11 is 5.95. The molecule has 0 aliphatic rings. The number of halogens is 1. The van der Waals surface area contributed by atoms with Gasteiger partial charge in [-0.3, -0.25) is 15.1 Å². The van der Waals surface area contributed by atoms with Crippen LogP contribution >= 0.6 is 11.6 Å². The molecule has 0 aliphatic carbocycles. The number of hydrogen-bond acceptors (Lipinski definition) is 4. The molecule has 2 rings (SSSR count). The molecule has 1 amide bonds. The third kappa shape index (κ3) is 3.84. The summed E-state index contributed by atoms with van der Waals surface area (Å²) in [6.45, 7) is 1.32. The largest absolute Gasteiger partial charge is 0.467 e. The van der Waals surface area contributed by atoms with E-state index in [9.17, 15) is 4.79 Å². The Morgan fingerprint density at radius 2 is 2.20 bits per heavy atom. The Morgan fingerprint density at radius 1 is 1.40 bits per heavy atom. The van der Waals surface area contributed by atoms with Gasteiger partial charge in [0.15, 0.2) is 0 Å². The summed E-state index contributed by atoms with van der Waals surface area (Å²) in [6.07, 6.45) is 1.39. The zero-order valence-corrected chi connectivity index (χ0v) is 11.9. The smallest absolute Gasteiger partial charge is 0.268 e. The van der Waals surface area contributed by atoms with Gasteiger partial charge in [-0.25, -0.2) is 5.84 Å². The number of nitrogen functional groups attached to an aromatic ring is 1. The lowest BCUT2D eigenvalue weighted by Gasteiger charge is -2.15. The highest BCUT2D eigenvalue weighted by atomic mass is 35.5. The molecule has 0 aliphatic heterocycles. The molecule has 0 spiro atoms. The van der Waals surface area contributed by atoms with Crippen LogP contribution in [0.1, 0.15) is 21.7 Å². The molecule has 1 heterocycles. The van der Waals surface area contributed by atoms with Gasteiger partial charge in [-0.2, -0.15) is 0 Å². The number of hydrazine groups is 1. The number of benzene rings is 1. The molecule has 0 radical (unpaired) electrons. The van der Waals surface area contributed by atoms with Crippen LogP contribution in [0.15, 0.2) is 41.0 Å². The number of nitrogens with one attached hydrogen (secondary N) is 1. The van der Waals surface area contributed by atoms with Crippen molar-refractivity contribution in [2.45, 2.75) is 13.1 Å². The predicted molar refractivity (Wildman–Crippen MR) is 77.0 cm³/mol. The van der Waals surface area contributed by atoms with E-state index in [1.807, 2.05) is 31.3 Å². The standard InChI is InChI=1S/C14H16ClN3O2/c1-18(7-10-3-2-4-12(15)5-10)8-13-6-11(9-20-13)14(19)17-16/h2-6,9H,7-8,16H2,1H3,(H,17,19). The Hall–Kier alpha value is -1.82. The maximum atomic E-state index is 11.3. The fraction of sp³-hybridized carbons (Fsp3) is 0.214. The molecule has 0 saturated heterocycles. The quantitative estimate of drug-likeness (QED) is 0.503. The zero-order chi connectivity index (χ0) is 14.5. The summed E-state index contributed by atoms with van der Waals surface area (Å²) in [7, 11) is 1.96. The van der Waals surface area contributed by atoms with Gasteiger partial charge in [0, 0.05) is 11.6 Å². The summed E-state index contributed by atoms with van der Waals surface area (Å²) in [6, 6.07) is 9.37. The van der Waals surface area contributed by atoms with Crippen LogP contribution in [0.2, 0.25) is 5.02 Å². The highest BCUT2D eigenvalue weighted by molar-refractivity contribution is 6.30. The van der Waals surface area contributed by atoms with Gasteiger partial charge in [-0.05, 0) is 30.8 Å². The first-order valence-electron chi connectivity index (χ1n) is 6.10. The normalized spacial score (nSPS) is 10.8. The Balaban J connectivity index is 1.96. The monoisotopic (exact) mass is 293 g/mol. The van der Waals surface area contributed by atoms with E-state index in [0.29, 0.717) is 17.9 Å². The van der Waals surface area contributed by atoms with Crippen molar-refractivity contribution >= 4 is 17.5 Å². The minimum atomic E-state index is -0.363. The first-order chi connectivity index (χ1) is 9.58. The molecule has 0 unspecified atom stereocenters. The van der Waals surface area contributed by atoms with Crippen LogP contribution in [0.25, 0.3) is 0 Å². The van der Waals surface area contributed by atoms with E-state index in [4.69, 9.17) is 21.9 Å². The molecular weight excluding hydrogens is 278 g/mol. The highest BCUT2D eigenvalue weighted by Gasteiger charge is 2.10. The summed E-state index contributed by atoms with van der Waals surface area (Å²) in [5, 5.41) is 0.718. The molecule has 1 aromatic heterocycles. The van der Waals surface area contributed by atoms with Crippen LogP contribution in [0.4, 0.5) is 0 Å². The van der Waals surface area contributed by atoms with Crippen molar-refractivity contribution in [3.8, 4) is 0 Å². The highest BCUT2D eigenvalue weighted by Crippen LogP contribution is 2.14. The van der Waals surface area contributed by atoms with Crippen LogP contribution in [0, 0.1) is 0 Å². The molecular formula is C14H16ClN3O2. The van der Waals surface area contributed by atoms with Crippen LogP contribution in [-0.4, -0.2) is 17.9 Å². The average molecular weight is 294 g/mol. The van der Waals surface area contributed by atoms with Crippen LogP contribution in [0.3, 0.4) is 0 Å². The van der Waals surface area contributed by atoms with Crippen molar-refractivity contribution in [2.75, 3.05) is 7.05 Å². The van der Waals surface area contributed by atoms with E-state index in [1.165, 1.54) is 6.26 Å². The number of amides is 1. The summed E-state index contributed by atoms with van der Waals surface area (Å²) < 4.78 is 5.34. The van der Waals surface area contributed by atoms with Gasteiger partial charge in [-0.1, -0.05) is 23.7 Å². The third-order valence-electron chi connectivity index (χ3n) is 2.81. The Labute approximate surface area is 122 Å². The maximum Gasteiger partial charge on any atom is 0.268 e. The van der Waals surface area contributed by atoms with Gasteiger partial charge in [-0.15, -0.1) is 0 Å². The van der Waals surface area contributed by atoms with E-state index in [-0.39, 0.29) is 5.91 Å². The summed E-state index contributed by atoms with van der Waals surface area (Å²) in [4.78, 5) is 13.4. The molecule has 2 aromatic rings. The van der Waals surface area contributed by atoms with Crippen molar-refractivity contribution in [1.29, 1.82) is 0 Å². The molecule has 0 bridgehead atoms. The minimum absolute atomic E-state index is 0.363. The number of nitrogens with two attached hydrogens (primary N) is 1. The van der Waals surface area contributed by atoms with Gasteiger partial charge < -0.3 is 4.42 Å². The number of carbonyl (C=O) groups excluding carboxylic acids is 1. The number of furan rings is 1. The molecule has 6 heteroatoms. The van der Waals surface area contributed by atoms with E-state index in [2.05, 4.69) is 10.3 Å². The number of carbonyl (C=O) groups is 1. The second-order valence-corrected chi connectivity index (χ2v) is 5.01. The predicted octanol–water partition coefficient (Wildman–Crippen LogP) is 2.17. The van der Waals surface area contributed by atoms with Crippen LogP contribution in [-0.2, 0) is 13.1 Å². The lowest BCUT2D eigenvalue weighted by Crippen LogP contribution is -2.29. The molecule has 106 valence electrons. The second-order valence-electron chi connectivity index (χ2n) is 4.58. The Morgan fingerprint density at radius 3 is 2.90 bits per heavy atom. The Kier molecular flexibility index (Phi) is 4.79. The van der Waals surface area contributed by atoms with Crippen molar-refractivity contribution < 1.29 is 9.21 Å². The van der Waals surface area contributed by atoms with Gasteiger partial charge >= 0.3 is 0 Å². The van der Waals surface area contributed by atoms with Crippen LogP contribution in [0.5, 0.6) is 0 Å². The number of hydrogen-bond donors (Lipinski definition) is 2. The SMILES string of the molecule is CN(Cc1cccc(Cl)c1)Cc1cc(C(=O)NN)co1. The van der Waals surface area contributed by atoms with Crippen molar-refractivity contribution in [1.82, 2.24) is 10.3 Å².